The molecule has 0 heterocycles. The maximum absolute atomic E-state index is 11.2. The fraction of sp³-hybridized carbons (Fsp3) is 0.200. The van der Waals surface area contributed by atoms with Gasteiger partial charge in [0.05, 0.1) is 5.56 Å². The van der Waals surface area contributed by atoms with Gasteiger partial charge in [-0.05, 0) is 24.6 Å². The van der Waals surface area contributed by atoms with E-state index < -0.39 is 5.97 Å². The second-order valence-corrected chi connectivity index (χ2v) is 3.44. The highest BCUT2D eigenvalue weighted by atomic mass is 79.9. The maximum Gasteiger partial charge on any atom is 0.336 e. The van der Waals surface area contributed by atoms with Crippen molar-refractivity contribution in [1.82, 2.24) is 0 Å². The monoisotopic (exact) mass is 256 g/mol. The molecular weight excluding hydrogens is 248 g/mol. The lowest BCUT2D eigenvalue weighted by atomic mass is 10.0. The Morgan fingerprint density at radius 2 is 2.00 bits per heavy atom. The minimum absolute atomic E-state index is 0.0576. The molecule has 0 fully saturated rings. The van der Waals surface area contributed by atoms with E-state index in [1.807, 2.05) is 0 Å². The Morgan fingerprint density at radius 1 is 1.36 bits per heavy atom. The summed E-state index contributed by atoms with van der Waals surface area (Å²) in [7, 11) is 0. The number of carbonyl (C=O) groups excluding carboxylic acids is 1. The second-order valence-electron chi connectivity index (χ2n) is 2.87. The van der Waals surface area contributed by atoms with Crippen LogP contribution in [0.25, 0.3) is 0 Å². The highest BCUT2D eigenvalue weighted by molar-refractivity contribution is 9.08. The van der Waals surface area contributed by atoms with E-state index in [-0.39, 0.29) is 16.9 Å². The van der Waals surface area contributed by atoms with Crippen molar-refractivity contribution in [3.63, 3.8) is 0 Å². The molecule has 0 atom stereocenters. The molecule has 0 bridgehead atoms. The molecule has 1 aromatic rings. The number of ketones is 1. The Morgan fingerprint density at radius 3 is 2.43 bits per heavy atom. The molecule has 0 amide bonds. The summed E-state index contributed by atoms with van der Waals surface area (Å²) in [5.41, 5.74) is 1.21. The van der Waals surface area contributed by atoms with Gasteiger partial charge >= 0.3 is 5.97 Å². The van der Waals surface area contributed by atoms with Gasteiger partial charge < -0.3 is 5.11 Å². The zero-order valence-electron chi connectivity index (χ0n) is 7.58. The zero-order valence-corrected chi connectivity index (χ0v) is 9.17. The Labute approximate surface area is 89.9 Å². The fourth-order valence-electron chi connectivity index (χ4n) is 1.15. The molecule has 0 aromatic heterocycles. The van der Waals surface area contributed by atoms with Crippen LogP contribution in [0.1, 0.15) is 33.2 Å². The number of hydrogen-bond donors (Lipinski definition) is 1. The first-order valence-corrected chi connectivity index (χ1v) is 5.11. The van der Waals surface area contributed by atoms with Crippen LogP contribution in [0.2, 0.25) is 0 Å². The number of aromatic carboxylic acids is 1. The van der Waals surface area contributed by atoms with E-state index in [0.29, 0.717) is 5.33 Å². The molecule has 1 aromatic carbocycles. The summed E-state index contributed by atoms with van der Waals surface area (Å²) in [4.78, 5) is 21.9. The topological polar surface area (TPSA) is 54.4 Å². The number of carboxylic acid groups (broad SMARTS) is 1. The van der Waals surface area contributed by atoms with Crippen molar-refractivity contribution >= 4 is 27.7 Å². The Hall–Kier alpha value is -1.16. The van der Waals surface area contributed by atoms with E-state index in [0.717, 1.165) is 5.56 Å². The SMILES string of the molecule is CC(=O)c1cc(CBr)ccc1C(=O)O. The number of Topliss-reactive ketones (excluding diaryl/α,β-unsaturated/α-hetero) is 1. The van der Waals surface area contributed by atoms with Crippen LogP contribution in [0.15, 0.2) is 18.2 Å². The first kappa shape index (κ1) is 10.9. The van der Waals surface area contributed by atoms with E-state index >= 15 is 0 Å². The summed E-state index contributed by atoms with van der Waals surface area (Å²) in [6.45, 7) is 1.36. The van der Waals surface area contributed by atoms with Crippen LogP contribution in [-0.2, 0) is 5.33 Å². The van der Waals surface area contributed by atoms with Gasteiger partial charge in [0.25, 0.3) is 0 Å². The van der Waals surface area contributed by atoms with Gasteiger partial charge in [-0.1, -0.05) is 22.0 Å². The molecule has 0 spiro atoms. The van der Waals surface area contributed by atoms with Crippen molar-refractivity contribution in [2.75, 3.05) is 0 Å². The maximum atomic E-state index is 11.2. The highest BCUT2D eigenvalue weighted by Crippen LogP contribution is 2.15. The quantitative estimate of drug-likeness (QED) is 0.668. The molecule has 0 aliphatic heterocycles. The number of benzene rings is 1. The van der Waals surface area contributed by atoms with Crippen LogP contribution in [0.3, 0.4) is 0 Å². The van der Waals surface area contributed by atoms with Gasteiger partial charge in [-0.2, -0.15) is 0 Å². The number of alkyl halides is 1. The highest BCUT2D eigenvalue weighted by Gasteiger charge is 2.13. The van der Waals surface area contributed by atoms with Crippen molar-refractivity contribution in [3.05, 3.63) is 34.9 Å². The fourth-order valence-corrected chi connectivity index (χ4v) is 1.50. The summed E-state index contributed by atoms with van der Waals surface area (Å²) < 4.78 is 0. The van der Waals surface area contributed by atoms with E-state index in [4.69, 9.17) is 5.11 Å². The standard InChI is InChI=1S/C10H9BrO3/c1-6(12)9-4-7(5-11)2-3-8(9)10(13)14/h2-4H,5H2,1H3,(H,13,14). The number of hydrogen-bond acceptors (Lipinski definition) is 2. The van der Waals surface area contributed by atoms with Crippen molar-refractivity contribution in [2.45, 2.75) is 12.3 Å². The van der Waals surface area contributed by atoms with Crippen LogP contribution in [0.5, 0.6) is 0 Å². The molecule has 1 N–H and O–H groups in total. The molecule has 0 saturated carbocycles. The molecule has 4 heteroatoms. The molecule has 1 rings (SSSR count). The second kappa shape index (κ2) is 4.37. The van der Waals surface area contributed by atoms with Gasteiger partial charge in [-0.15, -0.1) is 0 Å². The van der Waals surface area contributed by atoms with Crippen LogP contribution in [0.4, 0.5) is 0 Å². The molecule has 0 radical (unpaired) electrons. The zero-order chi connectivity index (χ0) is 10.7. The van der Waals surface area contributed by atoms with Crippen LogP contribution >= 0.6 is 15.9 Å². The van der Waals surface area contributed by atoms with Crippen molar-refractivity contribution in [3.8, 4) is 0 Å². The van der Waals surface area contributed by atoms with Crippen molar-refractivity contribution in [1.29, 1.82) is 0 Å². The van der Waals surface area contributed by atoms with Gasteiger partial charge in [0.15, 0.2) is 5.78 Å². The van der Waals surface area contributed by atoms with Gasteiger partial charge in [-0.3, -0.25) is 4.79 Å². The Kier molecular flexibility index (Phi) is 3.41. The van der Waals surface area contributed by atoms with Gasteiger partial charge in [0, 0.05) is 10.9 Å². The van der Waals surface area contributed by atoms with Crippen LogP contribution < -0.4 is 0 Å². The largest absolute Gasteiger partial charge is 0.478 e. The Balaban J connectivity index is 3.31. The predicted molar refractivity (Wildman–Crippen MR) is 56.0 cm³/mol. The summed E-state index contributed by atoms with van der Waals surface area (Å²) in [6, 6.07) is 4.74. The minimum Gasteiger partial charge on any atom is -0.478 e. The summed E-state index contributed by atoms with van der Waals surface area (Å²) in [5, 5.41) is 9.42. The van der Waals surface area contributed by atoms with Crippen molar-refractivity contribution in [2.24, 2.45) is 0 Å². The van der Waals surface area contributed by atoms with E-state index in [1.165, 1.54) is 13.0 Å². The normalized spacial score (nSPS) is 9.86. The van der Waals surface area contributed by atoms with Gasteiger partial charge in [0.2, 0.25) is 0 Å². The molecule has 0 saturated heterocycles. The van der Waals surface area contributed by atoms with Crippen LogP contribution in [0, 0.1) is 0 Å². The molecule has 0 unspecified atom stereocenters. The average Bonchev–Trinajstić information content (AvgIpc) is 2.16. The third-order valence-electron chi connectivity index (χ3n) is 1.85. The van der Waals surface area contributed by atoms with Crippen molar-refractivity contribution < 1.29 is 14.7 Å². The first-order chi connectivity index (χ1) is 6.56. The molecule has 74 valence electrons. The molecule has 0 aliphatic rings. The summed E-state index contributed by atoms with van der Waals surface area (Å²) in [5.74, 6) is -1.30. The minimum atomic E-state index is -1.07. The lowest BCUT2D eigenvalue weighted by Crippen LogP contribution is -2.06. The smallest absolute Gasteiger partial charge is 0.336 e. The third-order valence-corrected chi connectivity index (χ3v) is 2.50. The summed E-state index contributed by atoms with van der Waals surface area (Å²) >= 11 is 3.24. The predicted octanol–water partition coefficient (Wildman–Crippen LogP) is 2.48. The molecule has 0 aliphatic carbocycles. The van der Waals surface area contributed by atoms with Crippen LogP contribution in [-0.4, -0.2) is 16.9 Å². The summed E-state index contributed by atoms with van der Waals surface area (Å²) in [6.07, 6.45) is 0. The number of carbonyl (C=O) groups is 2. The lowest BCUT2D eigenvalue weighted by molar-refractivity contribution is 0.0692. The number of rotatable bonds is 3. The van der Waals surface area contributed by atoms with E-state index in [9.17, 15) is 9.59 Å². The third kappa shape index (κ3) is 2.20. The molecular formula is C10H9BrO3. The molecule has 3 nitrogen and oxygen atoms in total. The van der Waals surface area contributed by atoms with Gasteiger partial charge in [-0.25, -0.2) is 4.79 Å². The molecule has 14 heavy (non-hydrogen) atoms. The first-order valence-electron chi connectivity index (χ1n) is 3.99. The number of halogens is 1. The number of carboxylic acids is 1. The average molecular weight is 257 g/mol. The van der Waals surface area contributed by atoms with E-state index in [2.05, 4.69) is 15.9 Å². The Bertz CT molecular complexity index is 385. The lowest BCUT2D eigenvalue weighted by Gasteiger charge is -2.04. The van der Waals surface area contributed by atoms with E-state index in [1.54, 1.807) is 12.1 Å². The van der Waals surface area contributed by atoms with Gasteiger partial charge in [0.1, 0.15) is 0 Å².